The van der Waals surface area contributed by atoms with Gasteiger partial charge in [0.25, 0.3) is 5.91 Å². The number of aryl methyl sites for hydroxylation is 2. The van der Waals surface area contributed by atoms with E-state index in [0.29, 0.717) is 4.88 Å². The largest absolute Gasteiger partial charge is 0.367 e. The summed E-state index contributed by atoms with van der Waals surface area (Å²) >= 11 is 1.30. The van der Waals surface area contributed by atoms with Gasteiger partial charge in [-0.05, 0) is 25.0 Å². The topological polar surface area (TPSA) is 115 Å². The minimum atomic E-state index is -1.48. The predicted octanol–water partition coefficient (Wildman–Crippen LogP) is -0.312. The maximum atomic E-state index is 11.8. The zero-order valence-electron chi connectivity index (χ0n) is 10.1. The van der Waals surface area contributed by atoms with Crippen LogP contribution in [0.3, 0.4) is 0 Å². The molecule has 0 unspecified atom stereocenters. The van der Waals surface area contributed by atoms with Crippen molar-refractivity contribution in [2.75, 3.05) is 0 Å². The Balaban J connectivity index is 2.87. The van der Waals surface area contributed by atoms with Gasteiger partial charge < -0.3 is 16.8 Å². The molecule has 0 saturated heterocycles. The molecule has 0 bridgehead atoms. The van der Waals surface area contributed by atoms with Crippen LogP contribution in [0.2, 0.25) is 0 Å². The number of hydrogen-bond donors (Lipinski definition) is 3. The van der Waals surface area contributed by atoms with E-state index in [9.17, 15) is 14.4 Å². The lowest BCUT2D eigenvalue weighted by atomic mass is 10.2. The van der Waals surface area contributed by atoms with Gasteiger partial charge in [0.05, 0.1) is 4.88 Å². The van der Waals surface area contributed by atoms with Gasteiger partial charge in [-0.1, -0.05) is 6.92 Å². The number of rotatable bonds is 5. The molecule has 1 rings (SSSR count). The van der Waals surface area contributed by atoms with Gasteiger partial charge in [0.15, 0.2) is 6.04 Å². The highest BCUT2D eigenvalue weighted by Crippen LogP contribution is 2.21. The third-order valence-electron chi connectivity index (χ3n) is 2.47. The third-order valence-corrected chi connectivity index (χ3v) is 3.56. The van der Waals surface area contributed by atoms with E-state index in [1.54, 1.807) is 6.07 Å². The molecule has 0 atom stereocenters. The van der Waals surface area contributed by atoms with E-state index < -0.39 is 23.8 Å². The maximum Gasteiger partial charge on any atom is 0.262 e. The molecule has 5 N–H and O–H groups in total. The first-order valence-corrected chi connectivity index (χ1v) is 6.17. The fourth-order valence-corrected chi connectivity index (χ4v) is 2.48. The molecule has 98 valence electrons. The van der Waals surface area contributed by atoms with Crippen LogP contribution < -0.4 is 16.8 Å². The second kappa shape index (κ2) is 5.63. The second-order valence-corrected chi connectivity index (χ2v) is 5.01. The summed E-state index contributed by atoms with van der Waals surface area (Å²) in [5.74, 6) is -2.47. The van der Waals surface area contributed by atoms with Crippen molar-refractivity contribution in [3.63, 3.8) is 0 Å². The number of nitrogens with two attached hydrogens (primary N) is 2. The smallest absolute Gasteiger partial charge is 0.262 e. The maximum absolute atomic E-state index is 11.8. The molecular weight excluding hydrogens is 254 g/mol. The standard InChI is InChI=1S/C11H15N3O3S/c1-3-6-4-7(18-5(6)2)11(17)14-8(9(12)15)10(13)16/h4,8H,3H2,1-2H3,(H2,12,15)(H2,13,16)(H,14,17). The van der Waals surface area contributed by atoms with Gasteiger partial charge in [0.2, 0.25) is 11.8 Å². The van der Waals surface area contributed by atoms with Crippen LogP contribution in [-0.2, 0) is 16.0 Å². The normalized spacial score (nSPS) is 10.4. The Kier molecular flexibility index (Phi) is 4.43. The predicted molar refractivity (Wildman–Crippen MR) is 68.1 cm³/mol. The van der Waals surface area contributed by atoms with E-state index in [2.05, 4.69) is 5.32 Å². The second-order valence-electron chi connectivity index (χ2n) is 3.76. The van der Waals surface area contributed by atoms with E-state index >= 15 is 0 Å². The van der Waals surface area contributed by atoms with E-state index in [0.717, 1.165) is 16.9 Å². The Hall–Kier alpha value is -1.89. The molecule has 0 aromatic carbocycles. The van der Waals surface area contributed by atoms with Crippen molar-refractivity contribution in [1.82, 2.24) is 5.32 Å². The van der Waals surface area contributed by atoms with Gasteiger partial charge in [0, 0.05) is 4.88 Å². The molecule has 0 aliphatic rings. The lowest BCUT2D eigenvalue weighted by molar-refractivity contribution is -0.128. The van der Waals surface area contributed by atoms with E-state index in [1.807, 2.05) is 13.8 Å². The summed E-state index contributed by atoms with van der Waals surface area (Å²) in [4.78, 5) is 35.2. The monoisotopic (exact) mass is 269 g/mol. The van der Waals surface area contributed by atoms with Crippen LogP contribution in [0.25, 0.3) is 0 Å². The molecule has 0 aliphatic heterocycles. The fourth-order valence-electron chi connectivity index (χ4n) is 1.47. The molecule has 0 spiro atoms. The number of thiophene rings is 1. The number of amides is 3. The van der Waals surface area contributed by atoms with Gasteiger partial charge in [0.1, 0.15) is 0 Å². The Bertz CT molecular complexity index is 482. The van der Waals surface area contributed by atoms with Crippen molar-refractivity contribution in [2.45, 2.75) is 26.3 Å². The first kappa shape index (κ1) is 14.2. The summed E-state index contributed by atoms with van der Waals surface area (Å²) in [6.07, 6.45) is 0.810. The van der Waals surface area contributed by atoms with Crippen molar-refractivity contribution in [3.05, 3.63) is 21.4 Å². The van der Waals surface area contributed by atoms with E-state index in [1.165, 1.54) is 11.3 Å². The molecule has 7 heteroatoms. The zero-order chi connectivity index (χ0) is 13.9. The molecule has 1 aromatic rings. The number of primary amides is 2. The summed E-state index contributed by atoms with van der Waals surface area (Å²) in [5.41, 5.74) is 11.0. The lowest BCUT2D eigenvalue weighted by Crippen LogP contribution is -2.52. The highest BCUT2D eigenvalue weighted by Gasteiger charge is 2.25. The van der Waals surface area contributed by atoms with Crippen LogP contribution in [0, 0.1) is 6.92 Å². The highest BCUT2D eigenvalue weighted by atomic mass is 32.1. The van der Waals surface area contributed by atoms with Crippen molar-refractivity contribution in [2.24, 2.45) is 11.5 Å². The van der Waals surface area contributed by atoms with Gasteiger partial charge >= 0.3 is 0 Å². The summed E-state index contributed by atoms with van der Waals surface area (Å²) in [6, 6.07) is 0.249. The van der Waals surface area contributed by atoms with E-state index in [-0.39, 0.29) is 0 Å². The first-order chi connectivity index (χ1) is 8.36. The van der Waals surface area contributed by atoms with Crippen LogP contribution in [0.5, 0.6) is 0 Å². The van der Waals surface area contributed by atoms with Gasteiger partial charge in [-0.15, -0.1) is 11.3 Å². The molecule has 0 aliphatic carbocycles. The minimum absolute atomic E-state index is 0.428. The van der Waals surface area contributed by atoms with Crippen LogP contribution >= 0.6 is 11.3 Å². The molecule has 0 radical (unpaired) electrons. The number of hydrogen-bond acceptors (Lipinski definition) is 4. The Morgan fingerprint density at radius 1 is 1.33 bits per heavy atom. The average molecular weight is 269 g/mol. The number of carbonyl (C=O) groups is 3. The summed E-state index contributed by atoms with van der Waals surface area (Å²) in [5, 5.41) is 2.22. The quantitative estimate of drug-likeness (QED) is 0.636. The van der Waals surface area contributed by atoms with Crippen molar-refractivity contribution < 1.29 is 14.4 Å². The molecule has 1 heterocycles. The van der Waals surface area contributed by atoms with Crippen molar-refractivity contribution in [3.8, 4) is 0 Å². The zero-order valence-corrected chi connectivity index (χ0v) is 11.0. The Labute approximate surface area is 108 Å². The van der Waals surface area contributed by atoms with Crippen LogP contribution in [0.15, 0.2) is 6.07 Å². The molecular formula is C11H15N3O3S. The van der Waals surface area contributed by atoms with Gasteiger partial charge in [-0.25, -0.2) is 0 Å². The Morgan fingerprint density at radius 2 is 1.89 bits per heavy atom. The van der Waals surface area contributed by atoms with E-state index in [4.69, 9.17) is 11.5 Å². The SMILES string of the molecule is CCc1cc(C(=O)NC(C(N)=O)C(N)=O)sc1C. The summed E-state index contributed by atoms with van der Waals surface area (Å²) in [6.45, 7) is 3.88. The molecule has 0 fully saturated rings. The Morgan fingerprint density at radius 3 is 2.28 bits per heavy atom. The minimum Gasteiger partial charge on any atom is -0.367 e. The molecule has 6 nitrogen and oxygen atoms in total. The number of nitrogens with one attached hydrogen (secondary N) is 1. The molecule has 0 saturated carbocycles. The molecule has 18 heavy (non-hydrogen) atoms. The molecule has 3 amide bonds. The van der Waals surface area contributed by atoms with Crippen LogP contribution in [0.1, 0.15) is 27.0 Å². The first-order valence-electron chi connectivity index (χ1n) is 5.35. The van der Waals surface area contributed by atoms with Crippen molar-refractivity contribution in [1.29, 1.82) is 0 Å². The van der Waals surface area contributed by atoms with Crippen molar-refractivity contribution >= 4 is 29.1 Å². The average Bonchev–Trinajstić information content (AvgIpc) is 2.66. The third kappa shape index (κ3) is 3.07. The summed E-state index contributed by atoms with van der Waals surface area (Å²) < 4.78 is 0. The van der Waals surface area contributed by atoms with Crippen LogP contribution in [0.4, 0.5) is 0 Å². The fraction of sp³-hybridized carbons (Fsp3) is 0.364. The summed E-state index contributed by atoms with van der Waals surface area (Å²) in [7, 11) is 0. The highest BCUT2D eigenvalue weighted by molar-refractivity contribution is 7.14. The van der Waals surface area contributed by atoms with Crippen LogP contribution in [-0.4, -0.2) is 23.8 Å². The number of carbonyl (C=O) groups excluding carboxylic acids is 3. The molecule has 1 aromatic heterocycles. The van der Waals surface area contributed by atoms with Gasteiger partial charge in [-0.3, -0.25) is 14.4 Å². The lowest BCUT2D eigenvalue weighted by Gasteiger charge is -2.10. The van der Waals surface area contributed by atoms with Gasteiger partial charge in [-0.2, -0.15) is 0 Å².